The first-order valence-electron chi connectivity index (χ1n) is 8.26. The minimum Gasteiger partial charge on any atom is -0.341 e. The maximum absolute atomic E-state index is 12.5. The molecule has 0 bridgehead atoms. The number of halogens is 1. The van der Waals surface area contributed by atoms with Crippen molar-refractivity contribution in [3.63, 3.8) is 0 Å². The van der Waals surface area contributed by atoms with Gasteiger partial charge in [0.15, 0.2) is 0 Å². The van der Waals surface area contributed by atoms with Crippen molar-refractivity contribution < 1.29 is 9.59 Å². The lowest BCUT2D eigenvalue weighted by Crippen LogP contribution is -2.58. The second-order valence-corrected chi connectivity index (χ2v) is 6.79. The molecule has 0 spiro atoms. The Hall–Kier alpha value is -1.32. The number of hydrogen-bond donors (Lipinski definition) is 1. The summed E-state index contributed by atoms with van der Waals surface area (Å²) in [6, 6.07) is 2.46. The van der Waals surface area contributed by atoms with Crippen LogP contribution < -0.4 is 5.32 Å². The lowest BCUT2D eigenvalue weighted by Gasteiger charge is -2.47. The van der Waals surface area contributed by atoms with Crippen LogP contribution in [-0.4, -0.2) is 60.9 Å². The van der Waals surface area contributed by atoms with E-state index >= 15 is 0 Å². The highest BCUT2D eigenvalue weighted by Gasteiger charge is 2.53. The van der Waals surface area contributed by atoms with Gasteiger partial charge < -0.3 is 15.1 Å². The molecule has 0 aromatic heterocycles. The third-order valence-corrected chi connectivity index (χ3v) is 5.41. The number of piperidine rings is 2. The van der Waals surface area contributed by atoms with Crippen LogP contribution in [0.1, 0.15) is 32.1 Å². The number of likely N-dealkylation sites (tertiary alicyclic amines) is 2. The largest absolute Gasteiger partial charge is 0.341 e. The van der Waals surface area contributed by atoms with Gasteiger partial charge in [-0.15, -0.1) is 12.4 Å². The molecule has 2 aliphatic heterocycles. The number of fused-ring (bicyclic) bond motifs is 1. The Morgan fingerprint density at radius 3 is 2.78 bits per heavy atom. The zero-order valence-electron chi connectivity index (χ0n) is 13.6. The predicted molar refractivity (Wildman–Crippen MR) is 87.9 cm³/mol. The van der Waals surface area contributed by atoms with Crippen LogP contribution in [0.2, 0.25) is 0 Å². The van der Waals surface area contributed by atoms with Crippen molar-refractivity contribution >= 4 is 24.2 Å². The fourth-order valence-electron chi connectivity index (χ4n) is 3.86. The van der Waals surface area contributed by atoms with Gasteiger partial charge in [0.05, 0.1) is 6.07 Å². The normalized spacial score (nSPS) is 28.4. The van der Waals surface area contributed by atoms with Crippen molar-refractivity contribution in [2.75, 3.05) is 33.2 Å². The highest BCUT2D eigenvalue weighted by Crippen LogP contribution is 2.47. The second kappa shape index (κ2) is 7.06. The van der Waals surface area contributed by atoms with Crippen molar-refractivity contribution in [2.45, 2.75) is 38.1 Å². The van der Waals surface area contributed by atoms with E-state index in [4.69, 9.17) is 0 Å². The highest BCUT2D eigenvalue weighted by atomic mass is 35.5. The van der Waals surface area contributed by atoms with Crippen LogP contribution in [-0.2, 0) is 9.59 Å². The quantitative estimate of drug-likeness (QED) is 0.820. The Morgan fingerprint density at radius 1 is 1.43 bits per heavy atom. The summed E-state index contributed by atoms with van der Waals surface area (Å²) in [6.45, 7) is 2.92. The van der Waals surface area contributed by atoms with Crippen LogP contribution in [0, 0.1) is 22.7 Å². The molecule has 0 aromatic rings. The third kappa shape index (κ3) is 3.31. The van der Waals surface area contributed by atoms with Crippen LogP contribution in [0.5, 0.6) is 0 Å². The molecule has 1 aliphatic carbocycles. The van der Waals surface area contributed by atoms with Gasteiger partial charge in [0.25, 0.3) is 0 Å². The number of rotatable bonds is 4. The average molecular weight is 341 g/mol. The summed E-state index contributed by atoms with van der Waals surface area (Å²) in [5, 5.41) is 12.3. The fraction of sp³-hybridized carbons (Fsp3) is 0.812. The van der Waals surface area contributed by atoms with E-state index in [2.05, 4.69) is 11.4 Å². The molecule has 2 amide bonds. The van der Waals surface area contributed by atoms with E-state index in [1.54, 1.807) is 0 Å². The molecule has 23 heavy (non-hydrogen) atoms. The van der Waals surface area contributed by atoms with Gasteiger partial charge in [-0.2, -0.15) is 5.26 Å². The molecule has 1 N–H and O–H groups in total. The number of carbonyl (C=O) groups excluding carboxylic acids is 2. The van der Waals surface area contributed by atoms with Gasteiger partial charge in [-0.05, 0) is 38.6 Å². The first kappa shape index (κ1) is 18.0. The zero-order chi connectivity index (χ0) is 15.7. The Balaban J connectivity index is 0.00000192. The molecular weight excluding hydrogens is 316 g/mol. The van der Waals surface area contributed by atoms with Crippen LogP contribution in [0.25, 0.3) is 0 Å². The lowest BCUT2D eigenvalue weighted by molar-refractivity contribution is -0.145. The minimum absolute atomic E-state index is 0. The number of hydrogen-bond acceptors (Lipinski definition) is 4. The van der Waals surface area contributed by atoms with Gasteiger partial charge in [-0.3, -0.25) is 9.59 Å². The average Bonchev–Trinajstić information content (AvgIpc) is 3.34. The molecule has 0 unspecified atom stereocenters. The van der Waals surface area contributed by atoms with E-state index < -0.39 is 5.41 Å². The summed E-state index contributed by atoms with van der Waals surface area (Å²) in [7, 11) is 1.89. The number of amides is 2. The van der Waals surface area contributed by atoms with E-state index in [1.807, 2.05) is 16.8 Å². The van der Waals surface area contributed by atoms with Gasteiger partial charge in [-0.25, -0.2) is 0 Å². The van der Waals surface area contributed by atoms with Crippen LogP contribution in [0.3, 0.4) is 0 Å². The Morgan fingerprint density at radius 2 is 2.17 bits per heavy atom. The van der Waals surface area contributed by atoms with E-state index in [-0.39, 0.29) is 30.3 Å². The molecule has 128 valence electrons. The third-order valence-electron chi connectivity index (χ3n) is 5.41. The number of nitriles is 1. The van der Waals surface area contributed by atoms with E-state index in [1.165, 1.54) is 0 Å². The Kier molecular flexibility index (Phi) is 5.53. The first-order valence-corrected chi connectivity index (χ1v) is 8.26. The molecule has 6 nitrogen and oxygen atoms in total. The molecule has 3 rings (SSSR count). The summed E-state index contributed by atoms with van der Waals surface area (Å²) in [4.78, 5) is 28.6. The Labute approximate surface area is 143 Å². The van der Waals surface area contributed by atoms with Crippen LogP contribution >= 0.6 is 12.4 Å². The molecule has 3 fully saturated rings. The van der Waals surface area contributed by atoms with Crippen LogP contribution in [0.15, 0.2) is 0 Å². The predicted octanol–water partition coefficient (Wildman–Crippen LogP) is 0.771. The molecule has 1 saturated carbocycles. The summed E-state index contributed by atoms with van der Waals surface area (Å²) < 4.78 is 0. The summed E-state index contributed by atoms with van der Waals surface area (Å²) >= 11 is 0. The molecule has 3 aliphatic rings. The van der Waals surface area contributed by atoms with E-state index in [9.17, 15) is 14.9 Å². The van der Waals surface area contributed by atoms with Gasteiger partial charge in [0, 0.05) is 38.6 Å². The maximum Gasteiger partial charge on any atom is 0.243 e. The summed E-state index contributed by atoms with van der Waals surface area (Å²) in [6.07, 6.45) is 3.70. The van der Waals surface area contributed by atoms with E-state index in [0.29, 0.717) is 38.3 Å². The van der Waals surface area contributed by atoms with Gasteiger partial charge in [0.1, 0.15) is 5.41 Å². The summed E-state index contributed by atoms with van der Waals surface area (Å²) in [5.41, 5.74) is -0.719. The monoisotopic (exact) mass is 340 g/mol. The number of likely N-dealkylation sites (N-methyl/N-ethyl adjacent to an activating group) is 1. The van der Waals surface area contributed by atoms with Crippen LogP contribution in [0.4, 0.5) is 0 Å². The van der Waals surface area contributed by atoms with Gasteiger partial charge >= 0.3 is 0 Å². The lowest BCUT2D eigenvalue weighted by atomic mass is 9.83. The van der Waals surface area contributed by atoms with E-state index in [0.717, 1.165) is 25.9 Å². The standard InChI is InChI=1S/C16H24N4O2.ClH/c1-18-7-9-20-13-4-8-19(10-12(13)2-3-14(20)21)15(22)16(11-17)5-6-16;/h12-13,18H,2-10H2,1H3;1H/t12-,13+;/m0./s1. The van der Waals surface area contributed by atoms with Crippen molar-refractivity contribution in [1.29, 1.82) is 5.26 Å². The molecule has 2 atom stereocenters. The second-order valence-electron chi connectivity index (χ2n) is 6.79. The molecular formula is C16H25ClN4O2. The van der Waals surface area contributed by atoms with Crippen molar-refractivity contribution in [1.82, 2.24) is 15.1 Å². The number of nitrogens with zero attached hydrogens (tertiary/aromatic N) is 3. The first-order chi connectivity index (χ1) is 10.6. The Bertz CT molecular complexity index is 515. The molecule has 2 heterocycles. The molecule has 2 saturated heterocycles. The smallest absolute Gasteiger partial charge is 0.243 e. The maximum atomic E-state index is 12.5. The highest BCUT2D eigenvalue weighted by molar-refractivity contribution is 5.88. The SMILES string of the molecule is CNCCN1C(=O)CC[C@H]2CN(C(=O)C3(C#N)CC3)CC[C@H]21.Cl. The fourth-order valence-corrected chi connectivity index (χ4v) is 3.86. The van der Waals surface area contributed by atoms with Crippen molar-refractivity contribution in [3.8, 4) is 6.07 Å². The summed E-state index contributed by atoms with van der Waals surface area (Å²) in [5.74, 6) is 0.626. The van der Waals surface area contributed by atoms with Gasteiger partial charge in [-0.1, -0.05) is 0 Å². The van der Waals surface area contributed by atoms with Gasteiger partial charge in [0.2, 0.25) is 11.8 Å². The topological polar surface area (TPSA) is 76.4 Å². The van der Waals surface area contributed by atoms with Crippen molar-refractivity contribution in [3.05, 3.63) is 0 Å². The molecule has 7 heteroatoms. The zero-order valence-corrected chi connectivity index (χ0v) is 14.4. The number of nitrogens with one attached hydrogen (secondary N) is 1. The molecule has 0 radical (unpaired) electrons. The van der Waals surface area contributed by atoms with Crippen molar-refractivity contribution in [2.24, 2.45) is 11.3 Å². The molecule has 0 aromatic carbocycles. The number of carbonyl (C=O) groups is 2. The minimum atomic E-state index is -0.719.